The third-order valence-electron chi connectivity index (χ3n) is 3.74. The van der Waals surface area contributed by atoms with E-state index in [4.69, 9.17) is 5.11 Å². The number of carbonyl (C=O) groups excluding carboxylic acids is 1. The van der Waals surface area contributed by atoms with E-state index < -0.39 is 18.1 Å². The normalized spacial score (nSPS) is 16.3. The maximum Gasteiger partial charge on any atom is 0.305 e. The number of nitrogens with one attached hydrogen (secondary N) is 1. The van der Waals surface area contributed by atoms with E-state index in [1.807, 2.05) is 12.1 Å². The molecule has 1 aromatic rings. The maximum atomic E-state index is 12.5. The van der Waals surface area contributed by atoms with E-state index in [0.717, 1.165) is 19.3 Å². The number of ketones is 1. The third kappa shape index (κ3) is 4.12. The number of aryl methyl sites for hydroxylation is 2. The van der Waals surface area contributed by atoms with Gasteiger partial charge in [0.25, 0.3) is 0 Å². The summed E-state index contributed by atoms with van der Waals surface area (Å²) < 4.78 is 0. The molecule has 0 saturated carbocycles. The van der Waals surface area contributed by atoms with E-state index >= 15 is 0 Å². The molecule has 5 nitrogen and oxygen atoms in total. The standard InChI is InChI=1S/C16H21NO4/c1-10(18)9-17-14(8-15(19)20)16(21)13-6-5-11-3-2-4-12(11)7-13/h5-7,10,14,17-18H,2-4,8-9H2,1H3,(H,19,20). The van der Waals surface area contributed by atoms with Crippen LogP contribution in [0.5, 0.6) is 0 Å². The molecule has 0 heterocycles. The lowest BCUT2D eigenvalue weighted by Gasteiger charge is -2.17. The summed E-state index contributed by atoms with van der Waals surface area (Å²) in [4.78, 5) is 23.4. The molecule has 1 aliphatic carbocycles. The molecule has 0 fully saturated rings. The van der Waals surface area contributed by atoms with Gasteiger partial charge in [-0.05, 0) is 43.4 Å². The fourth-order valence-corrected chi connectivity index (χ4v) is 2.67. The number of Topliss-reactive ketones (excluding diaryl/α,β-unsaturated/α-hetero) is 1. The predicted molar refractivity (Wildman–Crippen MR) is 78.5 cm³/mol. The van der Waals surface area contributed by atoms with E-state index in [0.29, 0.717) is 5.56 Å². The van der Waals surface area contributed by atoms with Crippen molar-refractivity contribution in [3.63, 3.8) is 0 Å². The molecule has 5 heteroatoms. The highest BCUT2D eigenvalue weighted by molar-refractivity contribution is 6.02. The lowest BCUT2D eigenvalue weighted by molar-refractivity contribution is -0.137. The van der Waals surface area contributed by atoms with Crippen molar-refractivity contribution in [1.29, 1.82) is 0 Å². The van der Waals surface area contributed by atoms with Crippen LogP contribution in [0.25, 0.3) is 0 Å². The van der Waals surface area contributed by atoms with Crippen molar-refractivity contribution < 1.29 is 19.8 Å². The molecule has 0 amide bonds. The second-order valence-electron chi connectivity index (χ2n) is 5.61. The molecule has 21 heavy (non-hydrogen) atoms. The number of carboxylic acid groups (broad SMARTS) is 1. The Bertz CT molecular complexity index is 539. The summed E-state index contributed by atoms with van der Waals surface area (Å²) in [7, 11) is 0. The number of carboxylic acids is 1. The van der Waals surface area contributed by atoms with Crippen LogP contribution in [0.15, 0.2) is 18.2 Å². The van der Waals surface area contributed by atoms with Crippen LogP contribution < -0.4 is 5.32 Å². The van der Waals surface area contributed by atoms with Gasteiger partial charge >= 0.3 is 5.97 Å². The summed E-state index contributed by atoms with van der Waals surface area (Å²) in [6.45, 7) is 1.78. The predicted octanol–water partition coefficient (Wildman–Crippen LogP) is 1.17. The first-order valence-electron chi connectivity index (χ1n) is 7.26. The Morgan fingerprint density at radius 3 is 2.67 bits per heavy atom. The number of benzene rings is 1. The number of hydrogen-bond acceptors (Lipinski definition) is 4. The maximum absolute atomic E-state index is 12.5. The summed E-state index contributed by atoms with van der Waals surface area (Å²) >= 11 is 0. The largest absolute Gasteiger partial charge is 0.481 e. The minimum absolute atomic E-state index is 0.189. The van der Waals surface area contributed by atoms with Gasteiger partial charge in [-0.3, -0.25) is 9.59 Å². The molecule has 2 atom stereocenters. The quantitative estimate of drug-likeness (QED) is 0.657. The highest BCUT2D eigenvalue weighted by atomic mass is 16.4. The van der Waals surface area contributed by atoms with Crippen molar-refractivity contribution in [1.82, 2.24) is 5.32 Å². The Kier molecular flexibility index (Phi) is 5.09. The van der Waals surface area contributed by atoms with Crippen molar-refractivity contribution in [3.8, 4) is 0 Å². The first kappa shape index (κ1) is 15.7. The van der Waals surface area contributed by atoms with Crippen LogP contribution in [0, 0.1) is 0 Å². The number of hydrogen-bond donors (Lipinski definition) is 3. The fourth-order valence-electron chi connectivity index (χ4n) is 2.67. The smallest absolute Gasteiger partial charge is 0.305 e. The lowest BCUT2D eigenvalue weighted by Crippen LogP contribution is -2.41. The Hall–Kier alpha value is -1.72. The molecule has 0 aromatic heterocycles. The van der Waals surface area contributed by atoms with Crippen LogP contribution in [-0.2, 0) is 17.6 Å². The zero-order chi connectivity index (χ0) is 15.4. The van der Waals surface area contributed by atoms with Crippen LogP contribution in [0.2, 0.25) is 0 Å². The van der Waals surface area contributed by atoms with Gasteiger partial charge in [0, 0.05) is 12.1 Å². The lowest BCUT2D eigenvalue weighted by atomic mass is 9.98. The summed E-state index contributed by atoms with van der Waals surface area (Å²) in [6.07, 6.45) is 2.20. The molecular formula is C16H21NO4. The van der Waals surface area contributed by atoms with Gasteiger partial charge in [0.1, 0.15) is 0 Å². The monoisotopic (exact) mass is 291 g/mol. The fraction of sp³-hybridized carbons (Fsp3) is 0.500. The second-order valence-corrected chi connectivity index (χ2v) is 5.61. The average Bonchev–Trinajstić information content (AvgIpc) is 2.89. The van der Waals surface area contributed by atoms with Crippen molar-refractivity contribution in [2.75, 3.05) is 6.54 Å². The van der Waals surface area contributed by atoms with Crippen LogP contribution in [-0.4, -0.2) is 40.7 Å². The number of aliphatic hydroxyl groups is 1. The summed E-state index contributed by atoms with van der Waals surface area (Å²) in [6, 6.07) is 4.80. The van der Waals surface area contributed by atoms with Crippen LogP contribution in [0.3, 0.4) is 0 Å². The van der Waals surface area contributed by atoms with E-state index in [1.165, 1.54) is 11.1 Å². The zero-order valence-electron chi connectivity index (χ0n) is 12.1. The molecule has 0 spiro atoms. The minimum Gasteiger partial charge on any atom is -0.481 e. The van der Waals surface area contributed by atoms with Crippen LogP contribution >= 0.6 is 0 Å². The molecule has 0 radical (unpaired) electrons. The van der Waals surface area contributed by atoms with E-state index in [2.05, 4.69) is 5.32 Å². The number of carbonyl (C=O) groups is 2. The number of aliphatic hydroxyl groups excluding tert-OH is 1. The van der Waals surface area contributed by atoms with Gasteiger partial charge in [-0.1, -0.05) is 12.1 Å². The van der Waals surface area contributed by atoms with Gasteiger partial charge in [-0.15, -0.1) is 0 Å². The Balaban J connectivity index is 2.14. The highest BCUT2D eigenvalue weighted by Crippen LogP contribution is 2.23. The Morgan fingerprint density at radius 2 is 2.00 bits per heavy atom. The number of fused-ring (bicyclic) bond motifs is 1. The van der Waals surface area contributed by atoms with Crippen molar-refractivity contribution in [2.45, 2.75) is 44.8 Å². The van der Waals surface area contributed by atoms with Gasteiger partial charge in [0.2, 0.25) is 0 Å². The average molecular weight is 291 g/mol. The molecule has 2 unspecified atom stereocenters. The summed E-state index contributed by atoms with van der Waals surface area (Å²) in [5, 5.41) is 21.1. The van der Waals surface area contributed by atoms with Gasteiger partial charge in [-0.2, -0.15) is 0 Å². The first-order chi connectivity index (χ1) is 9.97. The van der Waals surface area contributed by atoms with E-state index in [1.54, 1.807) is 13.0 Å². The molecule has 3 N–H and O–H groups in total. The van der Waals surface area contributed by atoms with E-state index in [-0.39, 0.29) is 18.7 Å². The summed E-state index contributed by atoms with van der Waals surface area (Å²) in [5.41, 5.74) is 3.00. The Morgan fingerprint density at radius 1 is 1.29 bits per heavy atom. The van der Waals surface area contributed by atoms with Crippen molar-refractivity contribution in [2.24, 2.45) is 0 Å². The molecule has 1 aliphatic rings. The zero-order valence-corrected chi connectivity index (χ0v) is 12.1. The second kappa shape index (κ2) is 6.83. The topological polar surface area (TPSA) is 86.6 Å². The van der Waals surface area contributed by atoms with Gasteiger partial charge < -0.3 is 15.5 Å². The van der Waals surface area contributed by atoms with Crippen molar-refractivity contribution >= 4 is 11.8 Å². The van der Waals surface area contributed by atoms with Crippen LogP contribution in [0.1, 0.15) is 41.3 Å². The van der Waals surface area contributed by atoms with Gasteiger partial charge in [0.05, 0.1) is 18.6 Å². The van der Waals surface area contributed by atoms with Gasteiger partial charge in [0.15, 0.2) is 5.78 Å². The molecule has 0 aliphatic heterocycles. The minimum atomic E-state index is -1.03. The summed E-state index contributed by atoms with van der Waals surface area (Å²) in [5.74, 6) is -1.26. The molecule has 2 rings (SSSR count). The van der Waals surface area contributed by atoms with Crippen LogP contribution in [0.4, 0.5) is 0 Å². The third-order valence-corrected chi connectivity index (χ3v) is 3.74. The molecule has 114 valence electrons. The SMILES string of the molecule is CC(O)CNC(CC(=O)O)C(=O)c1ccc2c(c1)CCC2. The molecule has 0 bridgehead atoms. The molecular weight excluding hydrogens is 270 g/mol. The number of rotatable bonds is 7. The van der Waals surface area contributed by atoms with Gasteiger partial charge in [-0.25, -0.2) is 0 Å². The van der Waals surface area contributed by atoms with Crippen molar-refractivity contribution in [3.05, 3.63) is 34.9 Å². The number of aliphatic carboxylic acids is 1. The Labute approximate surface area is 124 Å². The highest BCUT2D eigenvalue weighted by Gasteiger charge is 2.24. The molecule has 1 aromatic carbocycles. The molecule has 0 saturated heterocycles. The first-order valence-corrected chi connectivity index (χ1v) is 7.26. The van der Waals surface area contributed by atoms with E-state index in [9.17, 15) is 14.7 Å².